The third-order valence-corrected chi connectivity index (χ3v) is 2.67. The van der Waals surface area contributed by atoms with Crippen LogP contribution in [0.4, 0.5) is 0 Å². The molecular formula is C18H28O7. The van der Waals surface area contributed by atoms with Crippen LogP contribution in [0.15, 0.2) is 36.6 Å². The lowest BCUT2D eigenvalue weighted by molar-refractivity contribution is -0.147. The molecule has 7 nitrogen and oxygen atoms in total. The molecule has 0 aliphatic rings. The van der Waals surface area contributed by atoms with Gasteiger partial charge in [0.2, 0.25) is 5.76 Å². The van der Waals surface area contributed by atoms with Gasteiger partial charge in [-0.2, -0.15) is 0 Å². The number of unbranched alkanes of at least 4 members (excludes halogenated alkanes) is 1. The first kappa shape index (κ1) is 24.8. The van der Waals surface area contributed by atoms with Gasteiger partial charge in [-0.3, -0.25) is 0 Å². The van der Waals surface area contributed by atoms with Gasteiger partial charge in [0.05, 0.1) is 14.2 Å². The van der Waals surface area contributed by atoms with Crippen LogP contribution in [-0.2, 0) is 33.3 Å². The van der Waals surface area contributed by atoms with E-state index >= 15 is 0 Å². The van der Waals surface area contributed by atoms with Gasteiger partial charge in [-0.1, -0.05) is 13.2 Å². The lowest BCUT2D eigenvalue weighted by Crippen LogP contribution is -2.12. The maximum Gasteiger partial charge on any atom is 0.373 e. The molecule has 7 heteroatoms. The van der Waals surface area contributed by atoms with Gasteiger partial charge in [-0.25, -0.2) is 14.4 Å². The second-order valence-corrected chi connectivity index (χ2v) is 4.83. The Hall–Kier alpha value is -2.41. The molecule has 25 heavy (non-hydrogen) atoms. The fraction of sp³-hybridized carbons (Fsp3) is 0.500. The summed E-state index contributed by atoms with van der Waals surface area (Å²) in [5.41, 5.74) is 0.735. The third kappa shape index (κ3) is 13.7. The van der Waals surface area contributed by atoms with Crippen LogP contribution >= 0.6 is 0 Å². The number of hydrogen-bond acceptors (Lipinski definition) is 7. The van der Waals surface area contributed by atoms with Crippen LogP contribution in [0, 0.1) is 0 Å². The summed E-state index contributed by atoms with van der Waals surface area (Å²) in [5.74, 6) is -2.11. The lowest BCUT2D eigenvalue weighted by Gasteiger charge is -2.03. The maximum absolute atomic E-state index is 10.9. The predicted octanol–water partition coefficient (Wildman–Crippen LogP) is 2.71. The Labute approximate surface area is 149 Å². The molecule has 0 saturated heterocycles. The molecule has 0 bridgehead atoms. The number of methoxy groups -OCH3 is 2. The minimum absolute atomic E-state index is 0.194. The Balaban J connectivity index is 0. The molecule has 0 radical (unpaired) electrons. The van der Waals surface area contributed by atoms with Gasteiger partial charge in [0, 0.05) is 24.4 Å². The van der Waals surface area contributed by atoms with E-state index in [1.54, 1.807) is 0 Å². The van der Waals surface area contributed by atoms with Crippen molar-refractivity contribution in [2.45, 2.75) is 33.1 Å². The minimum Gasteiger partial charge on any atom is -0.466 e. The van der Waals surface area contributed by atoms with Crippen molar-refractivity contribution in [1.82, 2.24) is 0 Å². The van der Waals surface area contributed by atoms with Crippen LogP contribution in [0.3, 0.4) is 0 Å². The molecule has 0 atom stereocenters. The molecular weight excluding hydrogens is 328 g/mol. The smallest absolute Gasteiger partial charge is 0.373 e. The summed E-state index contributed by atoms with van der Waals surface area (Å²) in [6.07, 6.45) is 2.58. The lowest BCUT2D eigenvalue weighted by atomic mass is 10.1. The van der Waals surface area contributed by atoms with E-state index < -0.39 is 11.9 Å². The number of ether oxygens (including phenoxy) is 4. The molecule has 0 aromatic rings. The summed E-state index contributed by atoms with van der Waals surface area (Å²) in [6.45, 7) is 15.1. The predicted molar refractivity (Wildman–Crippen MR) is 93.6 cm³/mol. The van der Waals surface area contributed by atoms with Gasteiger partial charge in [0.15, 0.2) is 0 Å². The molecule has 0 spiro atoms. The molecule has 0 aromatic heterocycles. The van der Waals surface area contributed by atoms with E-state index in [-0.39, 0.29) is 17.3 Å². The SMILES string of the molecule is C=C(C)C(=O)OC(=C)C(=O)OC.C=C(CCCCOCC)C(=O)OC. The van der Waals surface area contributed by atoms with Gasteiger partial charge >= 0.3 is 17.9 Å². The number of carbonyl (C=O) groups excluding carboxylic acids is 3. The largest absolute Gasteiger partial charge is 0.466 e. The summed E-state index contributed by atoms with van der Waals surface area (Å²) in [4.78, 5) is 32.3. The number of esters is 3. The fourth-order valence-electron chi connectivity index (χ4n) is 1.29. The Morgan fingerprint density at radius 2 is 1.44 bits per heavy atom. The zero-order valence-electron chi connectivity index (χ0n) is 15.5. The molecule has 0 aromatic carbocycles. The summed E-state index contributed by atoms with van der Waals surface area (Å²) in [6, 6.07) is 0. The standard InChI is InChI=1S/C10H18O3.C8H10O4/c1-4-13-8-6-5-7-9(2)10(11)12-3;1-5(2)7(9)12-6(3)8(10)11-4/h2,4-8H2,1,3H3;1,3H2,2,4H3. The van der Waals surface area contributed by atoms with Crippen LogP contribution < -0.4 is 0 Å². The third-order valence-electron chi connectivity index (χ3n) is 2.67. The molecule has 0 unspecified atom stereocenters. The van der Waals surface area contributed by atoms with E-state index in [0.717, 1.165) is 26.1 Å². The highest BCUT2D eigenvalue weighted by Crippen LogP contribution is 2.06. The summed E-state index contributed by atoms with van der Waals surface area (Å²) in [5, 5.41) is 0. The zero-order chi connectivity index (χ0) is 19.8. The molecule has 0 aliphatic heterocycles. The second kappa shape index (κ2) is 15.1. The molecule has 0 rings (SSSR count). The summed E-state index contributed by atoms with van der Waals surface area (Å²) >= 11 is 0. The van der Waals surface area contributed by atoms with Gasteiger partial charge in [0.1, 0.15) is 0 Å². The molecule has 0 saturated carbocycles. The first-order chi connectivity index (χ1) is 11.7. The van der Waals surface area contributed by atoms with Crippen molar-refractivity contribution >= 4 is 17.9 Å². The van der Waals surface area contributed by atoms with Crippen molar-refractivity contribution in [2.75, 3.05) is 27.4 Å². The quantitative estimate of drug-likeness (QED) is 0.195. The highest BCUT2D eigenvalue weighted by atomic mass is 16.6. The van der Waals surface area contributed by atoms with Gasteiger partial charge < -0.3 is 18.9 Å². The number of carbonyl (C=O) groups is 3. The van der Waals surface area contributed by atoms with Gasteiger partial charge in [-0.15, -0.1) is 0 Å². The van der Waals surface area contributed by atoms with Crippen molar-refractivity contribution < 1.29 is 33.3 Å². The van der Waals surface area contributed by atoms with Crippen molar-refractivity contribution in [2.24, 2.45) is 0 Å². The summed E-state index contributed by atoms with van der Waals surface area (Å²) in [7, 11) is 2.54. The molecule has 0 amide bonds. The van der Waals surface area contributed by atoms with E-state index in [0.29, 0.717) is 12.0 Å². The van der Waals surface area contributed by atoms with Crippen LogP contribution in [0.5, 0.6) is 0 Å². The maximum atomic E-state index is 10.9. The second-order valence-electron chi connectivity index (χ2n) is 4.83. The van der Waals surface area contributed by atoms with E-state index in [1.807, 2.05) is 6.92 Å². The van der Waals surface area contributed by atoms with E-state index in [9.17, 15) is 14.4 Å². The van der Waals surface area contributed by atoms with Gasteiger partial charge in [-0.05, 0) is 39.7 Å². The Morgan fingerprint density at radius 3 is 1.88 bits per heavy atom. The highest BCUT2D eigenvalue weighted by molar-refractivity contribution is 5.93. The van der Waals surface area contributed by atoms with E-state index in [2.05, 4.69) is 33.9 Å². The van der Waals surface area contributed by atoms with Crippen LogP contribution in [-0.4, -0.2) is 45.3 Å². The van der Waals surface area contributed by atoms with Crippen molar-refractivity contribution in [3.8, 4) is 0 Å². The first-order valence-electron chi connectivity index (χ1n) is 7.69. The van der Waals surface area contributed by atoms with Gasteiger partial charge in [0.25, 0.3) is 0 Å². The average Bonchev–Trinajstić information content (AvgIpc) is 2.60. The van der Waals surface area contributed by atoms with Crippen LogP contribution in [0.2, 0.25) is 0 Å². The minimum atomic E-state index is -0.774. The topological polar surface area (TPSA) is 88.1 Å². The fourth-order valence-corrected chi connectivity index (χ4v) is 1.29. The Bertz CT molecular complexity index is 492. The average molecular weight is 356 g/mol. The normalized spacial score (nSPS) is 9.12. The van der Waals surface area contributed by atoms with E-state index in [4.69, 9.17) is 4.74 Å². The van der Waals surface area contributed by atoms with Crippen LogP contribution in [0.25, 0.3) is 0 Å². The van der Waals surface area contributed by atoms with Crippen molar-refractivity contribution in [1.29, 1.82) is 0 Å². The van der Waals surface area contributed by atoms with E-state index in [1.165, 1.54) is 21.1 Å². The highest BCUT2D eigenvalue weighted by Gasteiger charge is 2.13. The van der Waals surface area contributed by atoms with Crippen molar-refractivity contribution in [3.63, 3.8) is 0 Å². The molecule has 0 N–H and O–H groups in total. The van der Waals surface area contributed by atoms with Crippen LogP contribution in [0.1, 0.15) is 33.1 Å². The summed E-state index contributed by atoms with van der Waals surface area (Å²) < 4.78 is 18.4. The number of rotatable bonds is 10. The zero-order valence-corrected chi connectivity index (χ0v) is 15.5. The molecule has 142 valence electrons. The molecule has 0 aliphatic carbocycles. The molecule has 0 fully saturated rings. The first-order valence-corrected chi connectivity index (χ1v) is 7.69. The molecule has 0 heterocycles. The Morgan fingerprint density at radius 1 is 0.880 bits per heavy atom. The monoisotopic (exact) mass is 356 g/mol. The Kier molecular flexibility index (Phi) is 15.0. The van der Waals surface area contributed by atoms with Crippen molar-refractivity contribution in [3.05, 3.63) is 36.6 Å². The number of hydrogen-bond donors (Lipinski definition) is 0.